The van der Waals surface area contributed by atoms with Gasteiger partial charge >= 0.3 is 0 Å². The van der Waals surface area contributed by atoms with Gasteiger partial charge in [-0.1, -0.05) is 6.07 Å². The number of rotatable bonds is 5. The molecule has 0 heterocycles. The van der Waals surface area contributed by atoms with Gasteiger partial charge in [0.05, 0.1) is 6.54 Å². The van der Waals surface area contributed by atoms with Crippen molar-refractivity contribution in [1.29, 1.82) is 0 Å². The number of nitrogens with zero attached hydrogens (tertiary/aromatic N) is 2. The van der Waals surface area contributed by atoms with E-state index in [4.69, 9.17) is 5.73 Å². The fraction of sp³-hybridized carbons (Fsp3) is 0.462. The number of benzene rings is 1. The molecule has 4 nitrogen and oxygen atoms in total. The molecule has 0 aliphatic carbocycles. The standard InChI is InChI=1S/C13H20FN3O/c1-4-17(9-13(18)16(2)3)12-7-5-6-11(14)10(12)8-15/h5-7H,4,8-9,15H2,1-3H3. The largest absolute Gasteiger partial charge is 0.362 e. The second-order valence-electron chi connectivity index (χ2n) is 4.24. The van der Waals surface area contributed by atoms with Crippen molar-refractivity contribution in [3.8, 4) is 0 Å². The lowest BCUT2D eigenvalue weighted by atomic mass is 10.1. The van der Waals surface area contributed by atoms with Crippen molar-refractivity contribution in [2.75, 3.05) is 32.1 Å². The minimum absolute atomic E-state index is 0.0240. The monoisotopic (exact) mass is 253 g/mol. The highest BCUT2D eigenvalue weighted by atomic mass is 19.1. The molecule has 18 heavy (non-hydrogen) atoms. The smallest absolute Gasteiger partial charge is 0.241 e. The van der Waals surface area contributed by atoms with Crippen molar-refractivity contribution < 1.29 is 9.18 Å². The van der Waals surface area contributed by atoms with Crippen molar-refractivity contribution in [2.24, 2.45) is 5.73 Å². The van der Waals surface area contributed by atoms with Gasteiger partial charge in [-0.3, -0.25) is 4.79 Å². The quantitative estimate of drug-likeness (QED) is 0.858. The highest BCUT2D eigenvalue weighted by Crippen LogP contribution is 2.22. The average molecular weight is 253 g/mol. The van der Waals surface area contributed by atoms with Gasteiger partial charge in [0.2, 0.25) is 5.91 Å². The number of nitrogens with two attached hydrogens (primary N) is 1. The van der Waals surface area contributed by atoms with E-state index in [0.717, 1.165) is 0 Å². The normalized spacial score (nSPS) is 10.3. The van der Waals surface area contributed by atoms with Crippen LogP contribution in [0, 0.1) is 5.82 Å². The number of carbonyl (C=O) groups excluding carboxylic acids is 1. The number of carbonyl (C=O) groups is 1. The van der Waals surface area contributed by atoms with Gasteiger partial charge in [-0.15, -0.1) is 0 Å². The van der Waals surface area contributed by atoms with E-state index in [2.05, 4.69) is 0 Å². The summed E-state index contributed by atoms with van der Waals surface area (Å²) in [5, 5.41) is 0. The van der Waals surface area contributed by atoms with Crippen molar-refractivity contribution in [2.45, 2.75) is 13.5 Å². The van der Waals surface area contributed by atoms with E-state index in [0.29, 0.717) is 17.8 Å². The molecule has 0 saturated carbocycles. The molecule has 0 aromatic heterocycles. The maximum Gasteiger partial charge on any atom is 0.241 e. The molecule has 100 valence electrons. The summed E-state index contributed by atoms with van der Waals surface area (Å²) in [5.41, 5.74) is 6.71. The van der Waals surface area contributed by atoms with Crippen molar-refractivity contribution in [3.63, 3.8) is 0 Å². The number of likely N-dealkylation sites (N-methyl/N-ethyl adjacent to an activating group) is 2. The molecule has 0 bridgehead atoms. The number of halogens is 1. The topological polar surface area (TPSA) is 49.6 Å². The van der Waals surface area contributed by atoms with Crippen LogP contribution in [-0.2, 0) is 11.3 Å². The first-order chi connectivity index (χ1) is 8.51. The maximum absolute atomic E-state index is 13.6. The molecule has 0 aliphatic heterocycles. The number of anilines is 1. The predicted molar refractivity (Wildman–Crippen MR) is 70.9 cm³/mol. The molecule has 5 heteroatoms. The van der Waals surface area contributed by atoms with E-state index >= 15 is 0 Å². The van der Waals surface area contributed by atoms with Crippen LogP contribution in [-0.4, -0.2) is 38.0 Å². The summed E-state index contributed by atoms with van der Waals surface area (Å²) in [5.74, 6) is -0.352. The minimum Gasteiger partial charge on any atom is -0.362 e. The van der Waals surface area contributed by atoms with E-state index in [1.165, 1.54) is 11.0 Å². The van der Waals surface area contributed by atoms with Crippen LogP contribution in [0.5, 0.6) is 0 Å². The Balaban J connectivity index is 3.02. The lowest BCUT2D eigenvalue weighted by Crippen LogP contribution is -2.37. The average Bonchev–Trinajstić information content (AvgIpc) is 2.35. The molecule has 0 unspecified atom stereocenters. The molecule has 0 atom stereocenters. The van der Waals surface area contributed by atoms with Gasteiger partial charge in [-0.05, 0) is 19.1 Å². The fourth-order valence-corrected chi connectivity index (χ4v) is 1.72. The number of amides is 1. The van der Waals surface area contributed by atoms with Gasteiger partial charge < -0.3 is 15.5 Å². The van der Waals surface area contributed by atoms with Crippen molar-refractivity contribution >= 4 is 11.6 Å². The Bertz CT molecular complexity index is 421. The molecule has 1 aromatic rings. The summed E-state index contributed by atoms with van der Waals surface area (Å²) >= 11 is 0. The van der Waals surface area contributed by atoms with E-state index < -0.39 is 0 Å². The highest BCUT2D eigenvalue weighted by Gasteiger charge is 2.16. The van der Waals surface area contributed by atoms with Gasteiger partial charge in [0, 0.05) is 38.4 Å². The van der Waals surface area contributed by atoms with Gasteiger partial charge in [0.1, 0.15) is 5.82 Å². The second-order valence-corrected chi connectivity index (χ2v) is 4.24. The third-order valence-electron chi connectivity index (χ3n) is 2.85. The molecule has 1 amide bonds. The first-order valence-corrected chi connectivity index (χ1v) is 5.93. The van der Waals surface area contributed by atoms with Gasteiger partial charge in [-0.25, -0.2) is 4.39 Å². The Morgan fingerprint density at radius 3 is 2.56 bits per heavy atom. The third-order valence-corrected chi connectivity index (χ3v) is 2.85. The van der Waals surface area contributed by atoms with Crippen LogP contribution in [0.4, 0.5) is 10.1 Å². The third kappa shape index (κ3) is 3.20. The van der Waals surface area contributed by atoms with Crippen LogP contribution in [0.3, 0.4) is 0 Å². The van der Waals surface area contributed by atoms with Crippen LogP contribution in [0.2, 0.25) is 0 Å². The van der Waals surface area contributed by atoms with E-state index in [1.54, 1.807) is 26.2 Å². The molecule has 0 aliphatic rings. The van der Waals surface area contributed by atoms with Crippen LogP contribution >= 0.6 is 0 Å². The van der Waals surface area contributed by atoms with Gasteiger partial charge in [-0.2, -0.15) is 0 Å². The Morgan fingerprint density at radius 2 is 2.06 bits per heavy atom. The molecular weight excluding hydrogens is 233 g/mol. The lowest BCUT2D eigenvalue weighted by Gasteiger charge is -2.26. The first-order valence-electron chi connectivity index (χ1n) is 5.93. The molecule has 0 spiro atoms. The van der Waals surface area contributed by atoms with Gasteiger partial charge in [0.15, 0.2) is 0 Å². The Labute approximate surface area is 107 Å². The first kappa shape index (κ1) is 14.4. The molecule has 2 N–H and O–H groups in total. The summed E-state index contributed by atoms with van der Waals surface area (Å²) in [4.78, 5) is 15.1. The summed E-state index contributed by atoms with van der Waals surface area (Å²) in [7, 11) is 3.40. The molecule has 1 rings (SSSR count). The van der Waals surface area contributed by atoms with E-state index in [-0.39, 0.29) is 24.8 Å². The molecule has 0 fully saturated rings. The molecule has 0 saturated heterocycles. The minimum atomic E-state index is -0.328. The zero-order valence-corrected chi connectivity index (χ0v) is 11.1. The molecule has 0 radical (unpaired) electrons. The summed E-state index contributed by atoms with van der Waals surface area (Å²) in [6.45, 7) is 2.89. The van der Waals surface area contributed by atoms with Gasteiger partial charge in [0.25, 0.3) is 0 Å². The lowest BCUT2D eigenvalue weighted by molar-refractivity contribution is -0.127. The Morgan fingerprint density at radius 1 is 1.39 bits per heavy atom. The number of hydrogen-bond donors (Lipinski definition) is 1. The molecule has 1 aromatic carbocycles. The fourth-order valence-electron chi connectivity index (χ4n) is 1.72. The van der Waals surface area contributed by atoms with Crippen LogP contribution in [0.1, 0.15) is 12.5 Å². The summed E-state index contributed by atoms with van der Waals surface area (Å²) in [6, 6.07) is 4.80. The highest BCUT2D eigenvalue weighted by molar-refractivity contribution is 5.81. The van der Waals surface area contributed by atoms with Crippen LogP contribution < -0.4 is 10.6 Å². The van der Waals surface area contributed by atoms with Crippen molar-refractivity contribution in [3.05, 3.63) is 29.6 Å². The second kappa shape index (κ2) is 6.35. The van der Waals surface area contributed by atoms with E-state index in [9.17, 15) is 9.18 Å². The van der Waals surface area contributed by atoms with E-state index in [1.807, 2.05) is 11.8 Å². The van der Waals surface area contributed by atoms with Crippen LogP contribution in [0.25, 0.3) is 0 Å². The summed E-state index contributed by atoms with van der Waals surface area (Å²) in [6.07, 6.45) is 0. The maximum atomic E-state index is 13.6. The zero-order chi connectivity index (χ0) is 13.7. The Kier molecular flexibility index (Phi) is 5.09. The zero-order valence-electron chi connectivity index (χ0n) is 11.1. The van der Waals surface area contributed by atoms with Crippen LogP contribution in [0.15, 0.2) is 18.2 Å². The van der Waals surface area contributed by atoms with Crippen molar-refractivity contribution in [1.82, 2.24) is 4.90 Å². The SMILES string of the molecule is CCN(CC(=O)N(C)C)c1cccc(F)c1CN. The number of hydrogen-bond acceptors (Lipinski definition) is 3. The molecular formula is C13H20FN3O. The Hall–Kier alpha value is -1.62. The predicted octanol–water partition coefficient (Wildman–Crippen LogP) is 1.20. The summed E-state index contributed by atoms with van der Waals surface area (Å²) < 4.78 is 13.6.